The van der Waals surface area contributed by atoms with E-state index in [0.717, 1.165) is 5.69 Å². The van der Waals surface area contributed by atoms with Crippen molar-refractivity contribution in [1.82, 2.24) is 15.3 Å². The smallest absolute Gasteiger partial charge is 0.242 e. The molecule has 0 saturated heterocycles. The number of carbonyl (C=O) groups excluding carboxylic acids is 1. The van der Waals surface area contributed by atoms with Crippen LogP contribution in [0.25, 0.3) is 0 Å². The Kier molecular flexibility index (Phi) is 4.69. The van der Waals surface area contributed by atoms with Gasteiger partial charge in [-0.05, 0) is 34.6 Å². The molecule has 0 bridgehead atoms. The Morgan fingerprint density at radius 1 is 1.32 bits per heavy atom. The number of aryl methyl sites for hydroxylation is 1. The van der Waals surface area contributed by atoms with Crippen LogP contribution in [0.1, 0.15) is 33.4 Å². The van der Waals surface area contributed by atoms with Gasteiger partial charge in [-0.2, -0.15) is 4.98 Å². The van der Waals surface area contributed by atoms with Crippen molar-refractivity contribution in [3.05, 3.63) is 11.8 Å². The van der Waals surface area contributed by atoms with Gasteiger partial charge in [0.05, 0.1) is 0 Å². The standard InChI is InChI=1S/C13H23N5O/c1-8-7-10(17-12(14-6)15-8)16-9(2)11(19)18-13(3,4)5/h7,9H,1-6H3,(H,18,19)(H2,14,15,16,17). The summed E-state index contributed by atoms with van der Waals surface area (Å²) in [5, 5.41) is 8.88. The average Bonchev–Trinajstić information content (AvgIpc) is 2.25. The molecule has 19 heavy (non-hydrogen) atoms. The lowest BCUT2D eigenvalue weighted by Crippen LogP contribution is -2.47. The second-order valence-corrected chi connectivity index (χ2v) is 5.57. The predicted molar refractivity (Wildman–Crippen MR) is 77.3 cm³/mol. The number of rotatable bonds is 4. The largest absolute Gasteiger partial charge is 0.358 e. The van der Waals surface area contributed by atoms with Gasteiger partial charge in [0.15, 0.2) is 0 Å². The topological polar surface area (TPSA) is 78.9 Å². The van der Waals surface area contributed by atoms with Gasteiger partial charge in [0.1, 0.15) is 11.9 Å². The predicted octanol–water partition coefficient (Wildman–Crippen LogP) is 1.54. The molecule has 1 heterocycles. The zero-order valence-corrected chi connectivity index (χ0v) is 12.5. The molecule has 0 saturated carbocycles. The van der Waals surface area contributed by atoms with Crippen molar-refractivity contribution in [1.29, 1.82) is 0 Å². The van der Waals surface area contributed by atoms with Crippen molar-refractivity contribution in [2.45, 2.75) is 46.2 Å². The lowest BCUT2D eigenvalue weighted by molar-refractivity contribution is -0.122. The summed E-state index contributed by atoms with van der Waals surface area (Å²) in [4.78, 5) is 20.4. The van der Waals surface area contributed by atoms with E-state index in [4.69, 9.17) is 0 Å². The number of anilines is 2. The molecular weight excluding hydrogens is 242 g/mol. The average molecular weight is 265 g/mol. The summed E-state index contributed by atoms with van der Waals surface area (Å²) in [7, 11) is 1.76. The van der Waals surface area contributed by atoms with Crippen molar-refractivity contribution in [3.8, 4) is 0 Å². The zero-order valence-electron chi connectivity index (χ0n) is 12.5. The number of aromatic nitrogens is 2. The Morgan fingerprint density at radius 3 is 2.47 bits per heavy atom. The van der Waals surface area contributed by atoms with Crippen LogP contribution in [0.4, 0.5) is 11.8 Å². The fraction of sp³-hybridized carbons (Fsp3) is 0.615. The summed E-state index contributed by atoms with van der Waals surface area (Å²) in [6.45, 7) is 9.54. The van der Waals surface area contributed by atoms with Gasteiger partial charge in [0.25, 0.3) is 0 Å². The molecule has 106 valence electrons. The highest BCUT2D eigenvalue weighted by Crippen LogP contribution is 2.10. The van der Waals surface area contributed by atoms with Crippen LogP contribution in [0.5, 0.6) is 0 Å². The number of nitrogens with zero attached hydrogens (tertiary/aromatic N) is 2. The van der Waals surface area contributed by atoms with Crippen LogP contribution in [0.15, 0.2) is 6.07 Å². The van der Waals surface area contributed by atoms with Gasteiger partial charge in [-0.1, -0.05) is 0 Å². The van der Waals surface area contributed by atoms with E-state index in [0.29, 0.717) is 11.8 Å². The normalized spacial score (nSPS) is 12.7. The van der Waals surface area contributed by atoms with Gasteiger partial charge in [-0.25, -0.2) is 4.98 Å². The molecule has 1 atom stereocenters. The van der Waals surface area contributed by atoms with E-state index >= 15 is 0 Å². The molecule has 0 aliphatic heterocycles. The molecule has 6 nitrogen and oxygen atoms in total. The van der Waals surface area contributed by atoms with Crippen LogP contribution >= 0.6 is 0 Å². The number of hydrogen-bond acceptors (Lipinski definition) is 5. The number of amides is 1. The van der Waals surface area contributed by atoms with Gasteiger partial charge in [-0.15, -0.1) is 0 Å². The van der Waals surface area contributed by atoms with Crippen molar-refractivity contribution < 1.29 is 4.79 Å². The second-order valence-electron chi connectivity index (χ2n) is 5.57. The lowest BCUT2D eigenvalue weighted by Gasteiger charge is -2.24. The maximum atomic E-state index is 12.0. The fourth-order valence-corrected chi connectivity index (χ4v) is 1.52. The highest BCUT2D eigenvalue weighted by molar-refractivity contribution is 5.84. The quantitative estimate of drug-likeness (QED) is 0.769. The third-order valence-corrected chi connectivity index (χ3v) is 2.33. The molecule has 0 aliphatic rings. The molecule has 0 fully saturated rings. The molecule has 6 heteroatoms. The van der Waals surface area contributed by atoms with Crippen molar-refractivity contribution in [2.75, 3.05) is 17.7 Å². The SMILES string of the molecule is CNc1nc(C)cc(NC(C)C(=O)NC(C)(C)C)n1. The lowest BCUT2D eigenvalue weighted by atomic mass is 10.1. The van der Waals surface area contributed by atoms with Crippen LogP contribution in [0, 0.1) is 6.92 Å². The highest BCUT2D eigenvalue weighted by atomic mass is 16.2. The molecule has 1 unspecified atom stereocenters. The Balaban J connectivity index is 2.74. The Hall–Kier alpha value is -1.85. The Morgan fingerprint density at radius 2 is 1.95 bits per heavy atom. The molecule has 1 aromatic rings. The summed E-state index contributed by atoms with van der Waals surface area (Å²) in [5.41, 5.74) is 0.593. The van der Waals surface area contributed by atoms with E-state index in [2.05, 4.69) is 25.9 Å². The maximum absolute atomic E-state index is 12.0. The number of nitrogens with one attached hydrogen (secondary N) is 3. The molecule has 0 radical (unpaired) electrons. The minimum Gasteiger partial charge on any atom is -0.358 e. The van der Waals surface area contributed by atoms with E-state index < -0.39 is 0 Å². The van der Waals surface area contributed by atoms with Crippen molar-refractivity contribution >= 4 is 17.7 Å². The molecule has 0 spiro atoms. The van der Waals surface area contributed by atoms with E-state index in [1.165, 1.54) is 0 Å². The van der Waals surface area contributed by atoms with Crippen LogP contribution in [-0.4, -0.2) is 34.5 Å². The Bertz CT molecular complexity index is 453. The van der Waals surface area contributed by atoms with E-state index in [1.807, 2.05) is 33.8 Å². The summed E-state index contributed by atoms with van der Waals surface area (Å²) in [5.74, 6) is 1.11. The molecule has 0 aliphatic carbocycles. The zero-order chi connectivity index (χ0) is 14.6. The first kappa shape index (κ1) is 15.2. The van der Waals surface area contributed by atoms with E-state index in [9.17, 15) is 4.79 Å². The van der Waals surface area contributed by atoms with Gasteiger partial charge < -0.3 is 16.0 Å². The van der Waals surface area contributed by atoms with Crippen molar-refractivity contribution in [3.63, 3.8) is 0 Å². The molecule has 0 aromatic carbocycles. The van der Waals surface area contributed by atoms with Gasteiger partial charge in [-0.3, -0.25) is 4.79 Å². The van der Waals surface area contributed by atoms with Crippen LogP contribution < -0.4 is 16.0 Å². The molecule has 1 aromatic heterocycles. The maximum Gasteiger partial charge on any atom is 0.242 e. The summed E-state index contributed by atoms with van der Waals surface area (Å²) in [6, 6.07) is 1.44. The van der Waals surface area contributed by atoms with Crippen LogP contribution in [0.2, 0.25) is 0 Å². The van der Waals surface area contributed by atoms with Gasteiger partial charge >= 0.3 is 0 Å². The summed E-state index contributed by atoms with van der Waals surface area (Å²) >= 11 is 0. The fourth-order valence-electron chi connectivity index (χ4n) is 1.52. The van der Waals surface area contributed by atoms with E-state index in [-0.39, 0.29) is 17.5 Å². The Labute approximate surface area is 114 Å². The first-order valence-electron chi connectivity index (χ1n) is 6.33. The summed E-state index contributed by atoms with van der Waals surface area (Å²) in [6.07, 6.45) is 0. The summed E-state index contributed by atoms with van der Waals surface area (Å²) < 4.78 is 0. The van der Waals surface area contributed by atoms with Gasteiger partial charge in [0, 0.05) is 24.3 Å². The molecule has 3 N–H and O–H groups in total. The first-order valence-corrected chi connectivity index (χ1v) is 6.33. The third-order valence-electron chi connectivity index (χ3n) is 2.33. The number of hydrogen-bond donors (Lipinski definition) is 3. The highest BCUT2D eigenvalue weighted by Gasteiger charge is 2.19. The van der Waals surface area contributed by atoms with Gasteiger partial charge in [0.2, 0.25) is 11.9 Å². The van der Waals surface area contributed by atoms with Crippen LogP contribution in [0.3, 0.4) is 0 Å². The second kappa shape index (κ2) is 5.86. The minimum atomic E-state index is -0.363. The van der Waals surface area contributed by atoms with Crippen molar-refractivity contribution in [2.24, 2.45) is 0 Å². The van der Waals surface area contributed by atoms with Crippen LogP contribution in [-0.2, 0) is 4.79 Å². The molecule has 1 rings (SSSR count). The monoisotopic (exact) mass is 265 g/mol. The molecular formula is C13H23N5O. The molecule has 1 amide bonds. The first-order chi connectivity index (χ1) is 8.71. The minimum absolute atomic E-state index is 0.0604. The number of carbonyl (C=O) groups is 1. The van der Waals surface area contributed by atoms with E-state index in [1.54, 1.807) is 14.0 Å². The third kappa shape index (κ3) is 5.11.